The third-order valence-corrected chi connectivity index (χ3v) is 7.84. The second-order valence-corrected chi connectivity index (χ2v) is 10.3. The first-order chi connectivity index (χ1) is 15.0. The maximum absolute atomic E-state index is 12.8. The van der Waals surface area contributed by atoms with Crippen LogP contribution in [0.2, 0.25) is 0 Å². The number of aromatic nitrogens is 2. The van der Waals surface area contributed by atoms with E-state index in [1.54, 1.807) is 16.4 Å². The molecule has 1 atom stereocenters. The van der Waals surface area contributed by atoms with Crippen LogP contribution in [0.4, 0.5) is 11.6 Å². The van der Waals surface area contributed by atoms with Gasteiger partial charge in [0.1, 0.15) is 16.5 Å². The summed E-state index contributed by atoms with van der Waals surface area (Å²) < 4.78 is 27.1. The quantitative estimate of drug-likeness (QED) is 0.702. The first kappa shape index (κ1) is 22.0. The van der Waals surface area contributed by atoms with Crippen LogP contribution in [-0.2, 0) is 10.0 Å². The van der Waals surface area contributed by atoms with E-state index in [0.717, 1.165) is 57.8 Å². The number of hydrogen-bond donors (Lipinski definition) is 1. The summed E-state index contributed by atoms with van der Waals surface area (Å²) in [5, 5.41) is 3.40. The van der Waals surface area contributed by atoms with E-state index in [-0.39, 0.29) is 10.9 Å². The molecule has 0 aliphatic carbocycles. The SMILES string of the molecule is CC(CN1CCN(c2ccccn2)CC1)Nc1ccc(S(=O)(=O)N2CCCCC2)cn1. The number of nitrogens with zero attached hydrogens (tertiary/aromatic N) is 5. The number of sulfonamides is 1. The molecule has 0 aromatic carbocycles. The highest BCUT2D eigenvalue weighted by Gasteiger charge is 2.26. The normalized spacial score (nSPS) is 19.8. The molecule has 2 fully saturated rings. The molecule has 31 heavy (non-hydrogen) atoms. The van der Waals surface area contributed by atoms with Crippen LogP contribution in [0.25, 0.3) is 0 Å². The largest absolute Gasteiger partial charge is 0.366 e. The van der Waals surface area contributed by atoms with Crippen LogP contribution in [-0.4, -0.2) is 79.4 Å². The summed E-state index contributed by atoms with van der Waals surface area (Å²) in [4.78, 5) is 13.8. The zero-order chi connectivity index (χ0) is 21.7. The third kappa shape index (κ3) is 5.53. The fourth-order valence-electron chi connectivity index (χ4n) is 4.26. The van der Waals surface area contributed by atoms with Gasteiger partial charge in [-0.25, -0.2) is 18.4 Å². The maximum Gasteiger partial charge on any atom is 0.244 e. The van der Waals surface area contributed by atoms with Gasteiger partial charge in [0, 0.05) is 64.2 Å². The predicted octanol–water partition coefficient (Wildman–Crippen LogP) is 2.27. The van der Waals surface area contributed by atoms with Crippen LogP contribution < -0.4 is 10.2 Å². The van der Waals surface area contributed by atoms with Crippen LogP contribution in [0.15, 0.2) is 47.6 Å². The number of hydrogen-bond acceptors (Lipinski definition) is 7. The Bertz CT molecular complexity index is 924. The molecule has 0 saturated carbocycles. The Morgan fingerprint density at radius 3 is 2.39 bits per heavy atom. The van der Waals surface area contributed by atoms with Crippen molar-refractivity contribution in [2.24, 2.45) is 0 Å². The molecule has 2 aromatic rings. The first-order valence-corrected chi connectivity index (χ1v) is 12.6. The molecule has 0 bridgehead atoms. The van der Waals surface area contributed by atoms with Crippen LogP contribution >= 0.6 is 0 Å². The molecule has 0 spiro atoms. The van der Waals surface area contributed by atoms with Gasteiger partial charge in [0.2, 0.25) is 10.0 Å². The molecule has 9 heteroatoms. The lowest BCUT2D eigenvalue weighted by molar-refractivity contribution is 0.250. The number of piperazine rings is 1. The second-order valence-electron chi connectivity index (χ2n) is 8.36. The highest BCUT2D eigenvalue weighted by Crippen LogP contribution is 2.21. The Hall–Kier alpha value is -2.23. The zero-order valence-corrected chi connectivity index (χ0v) is 19.0. The molecule has 2 saturated heterocycles. The molecule has 0 radical (unpaired) electrons. The van der Waals surface area contributed by atoms with Crippen molar-refractivity contribution < 1.29 is 8.42 Å². The summed E-state index contributed by atoms with van der Waals surface area (Å²) >= 11 is 0. The number of pyridine rings is 2. The number of anilines is 2. The van der Waals surface area contributed by atoms with Crippen molar-refractivity contribution >= 4 is 21.7 Å². The van der Waals surface area contributed by atoms with E-state index in [9.17, 15) is 8.42 Å². The fourth-order valence-corrected chi connectivity index (χ4v) is 5.72. The van der Waals surface area contributed by atoms with Crippen molar-refractivity contribution in [1.29, 1.82) is 0 Å². The molecule has 2 aliphatic heterocycles. The summed E-state index contributed by atoms with van der Waals surface area (Å²) in [6.45, 7) is 8.15. The lowest BCUT2D eigenvalue weighted by Crippen LogP contribution is -2.49. The molecule has 1 N–H and O–H groups in total. The molecule has 1 unspecified atom stereocenters. The van der Waals surface area contributed by atoms with Crippen LogP contribution in [0.5, 0.6) is 0 Å². The number of rotatable bonds is 7. The molecule has 0 amide bonds. The minimum atomic E-state index is -3.43. The lowest BCUT2D eigenvalue weighted by atomic mass is 10.2. The Morgan fingerprint density at radius 1 is 0.968 bits per heavy atom. The Morgan fingerprint density at radius 2 is 1.74 bits per heavy atom. The zero-order valence-electron chi connectivity index (χ0n) is 18.2. The average molecular weight is 445 g/mol. The molecule has 2 aliphatic rings. The highest BCUT2D eigenvalue weighted by atomic mass is 32.2. The van der Waals surface area contributed by atoms with Crippen molar-refractivity contribution in [2.45, 2.75) is 37.1 Å². The molecule has 4 rings (SSSR count). The standard InChI is InChI=1S/C22H32N6O2S/c1-19(18-26-13-15-27(16-14-26)22-7-3-4-10-23-22)25-21-9-8-20(17-24-21)31(29,30)28-11-5-2-6-12-28/h3-4,7-10,17,19H,2,5-6,11-16,18H2,1H3,(H,24,25). The van der Waals surface area contributed by atoms with Gasteiger partial charge in [-0.05, 0) is 44.0 Å². The Labute approximate surface area is 185 Å². The summed E-state index contributed by atoms with van der Waals surface area (Å²) in [7, 11) is -3.43. The predicted molar refractivity (Wildman–Crippen MR) is 123 cm³/mol. The van der Waals surface area contributed by atoms with E-state index in [0.29, 0.717) is 18.9 Å². The second kappa shape index (κ2) is 9.93. The van der Waals surface area contributed by atoms with Gasteiger partial charge in [-0.2, -0.15) is 4.31 Å². The third-order valence-electron chi connectivity index (χ3n) is 5.96. The van der Waals surface area contributed by atoms with Crippen molar-refractivity contribution in [2.75, 3.05) is 56.0 Å². The van der Waals surface area contributed by atoms with Gasteiger partial charge < -0.3 is 10.2 Å². The summed E-state index contributed by atoms with van der Waals surface area (Å²) in [6.07, 6.45) is 6.28. The van der Waals surface area contributed by atoms with Gasteiger partial charge in [0.25, 0.3) is 0 Å². The van der Waals surface area contributed by atoms with Crippen molar-refractivity contribution in [3.8, 4) is 0 Å². The molecule has 4 heterocycles. The van der Waals surface area contributed by atoms with E-state index >= 15 is 0 Å². The molecular weight excluding hydrogens is 412 g/mol. The van der Waals surface area contributed by atoms with E-state index < -0.39 is 10.0 Å². The maximum atomic E-state index is 12.8. The first-order valence-electron chi connectivity index (χ1n) is 11.1. The van der Waals surface area contributed by atoms with Crippen LogP contribution in [0.1, 0.15) is 26.2 Å². The van der Waals surface area contributed by atoms with Gasteiger partial charge in [-0.1, -0.05) is 12.5 Å². The topological polar surface area (TPSA) is 81.7 Å². The van der Waals surface area contributed by atoms with Gasteiger partial charge in [0.05, 0.1) is 0 Å². The molecular formula is C22H32N6O2S. The highest BCUT2D eigenvalue weighted by molar-refractivity contribution is 7.89. The molecule has 168 valence electrons. The van der Waals surface area contributed by atoms with Crippen molar-refractivity contribution in [3.63, 3.8) is 0 Å². The number of nitrogens with one attached hydrogen (secondary N) is 1. The Balaban J connectivity index is 1.27. The lowest BCUT2D eigenvalue weighted by Gasteiger charge is -2.36. The summed E-state index contributed by atoms with van der Waals surface area (Å²) in [5.41, 5.74) is 0. The van der Waals surface area contributed by atoms with Crippen molar-refractivity contribution in [1.82, 2.24) is 19.2 Å². The fraction of sp³-hybridized carbons (Fsp3) is 0.545. The van der Waals surface area contributed by atoms with E-state index in [1.807, 2.05) is 18.3 Å². The van der Waals surface area contributed by atoms with Gasteiger partial charge >= 0.3 is 0 Å². The minimum absolute atomic E-state index is 0.207. The summed E-state index contributed by atoms with van der Waals surface area (Å²) in [5.74, 6) is 1.74. The van der Waals surface area contributed by atoms with Gasteiger partial charge in [0.15, 0.2) is 0 Å². The smallest absolute Gasteiger partial charge is 0.244 e. The van der Waals surface area contributed by atoms with Crippen LogP contribution in [0.3, 0.4) is 0 Å². The van der Waals surface area contributed by atoms with E-state index in [2.05, 4.69) is 38.1 Å². The van der Waals surface area contributed by atoms with E-state index in [4.69, 9.17) is 0 Å². The van der Waals surface area contributed by atoms with Gasteiger partial charge in [-0.3, -0.25) is 4.90 Å². The average Bonchev–Trinajstić information content (AvgIpc) is 2.81. The van der Waals surface area contributed by atoms with Crippen LogP contribution in [0, 0.1) is 0 Å². The monoisotopic (exact) mass is 444 g/mol. The summed E-state index contributed by atoms with van der Waals surface area (Å²) in [6, 6.07) is 9.66. The molecule has 2 aromatic heterocycles. The number of piperidine rings is 1. The van der Waals surface area contributed by atoms with Crippen molar-refractivity contribution in [3.05, 3.63) is 42.7 Å². The van der Waals surface area contributed by atoms with E-state index in [1.165, 1.54) is 6.20 Å². The van der Waals surface area contributed by atoms with Gasteiger partial charge in [-0.15, -0.1) is 0 Å². The Kier molecular flexibility index (Phi) is 7.04. The minimum Gasteiger partial charge on any atom is -0.366 e. The molecule has 8 nitrogen and oxygen atoms in total.